The summed E-state index contributed by atoms with van der Waals surface area (Å²) in [5.41, 5.74) is -0.127. The molecule has 0 aliphatic carbocycles. The Bertz CT molecular complexity index is 679. The van der Waals surface area contributed by atoms with E-state index in [-0.39, 0.29) is 22.2 Å². The fourth-order valence-corrected chi connectivity index (χ4v) is 1.81. The molecule has 0 amide bonds. The van der Waals surface area contributed by atoms with Gasteiger partial charge in [0, 0.05) is 0 Å². The summed E-state index contributed by atoms with van der Waals surface area (Å²) < 4.78 is 27.2. The van der Waals surface area contributed by atoms with Gasteiger partial charge in [0.2, 0.25) is 17.3 Å². The predicted octanol–water partition coefficient (Wildman–Crippen LogP) is 2.71. The number of carbonyl (C=O) groups is 2. The number of oxazole rings is 1. The van der Waals surface area contributed by atoms with Crippen molar-refractivity contribution in [2.45, 2.75) is 0 Å². The SMILES string of the molecule is COC(=O)c1nc(-c2ccc(F)cc2Cl)oc1C(=O)OC. The third kappa shape index (κ3) is 2.87. The number of methoxy groups -OCH3 is 2. The van der Waals surface area contributed by atoms with Crippen molar-refractivity contribution in [3.05, 3.63) is 40.5 Å². The van der Waals surface area contributed by atoms with Gasteiger partial charge in [0.25, 0.3) is 0 Å². The summed E-state index contributed by atoms with van der Waals surface area (Å²) in [6.45, 7) is 0. The minimum Gasteiger partial charge on any atom is -0.464 e. The second kappa shape index (κ2) is 5.92. The van der Waals surface area contributed by atoms with Crippen LogP contribution in [0.25, 0.3) is 11.5 Å². The summed E-state index contributed by atoms with van der Waals surface area (Å²) in [7, 11) is 2.25. The minimum absolute atomic E-state index is 0.0177. The zero-order valence-electron chi connectivity index (χ0n) is 11.0. The summed E-state index contributed by atoms with van der Waals surface area (Å²) in [5, 5.41) is 0.0177. The van der Waals surface area contributed by atoms with Crippen LogP contribution >= 0.6 is 11.6 Å². The van der Waals surface area contributed by atoms with Crippen molar-refractivity contribution in [3.63, 3.8) is 0 Å². The lowest BCUT2D eigenvalue weighted by Crippen LogP contribution is -2.10. The number of hydrogen-bond donors (Lipinski definition) is 0. The first-order valence-electron chi connectivity index (χ1n) is 5.60. The Balaban J connectivity index is 2.58. The van der Waals surface area contributed by atoms with Gasteiger partial charge in [0.1, 0.15) is 5.82 Å². The van der Waals surface area contributed by atoms with Crippen LogP contribution in [0.3, 0.4) is 0 Å². The highest BCUT2D eigenvalue weighted by Gasteiger charge is 2.28. The van der Waals surface area contributed by atoms with E-state index in [4.69, 9.17) is 16.0 Å². The Morgan fingerprint density at radius 3 is 2.48 bits per heavy atom. The molecule has 0 spiro atoms. The normalized spacial score (nSPS) is 10.3. The average molecular weight is 314 g/mol. The van der Waals surface area contributed by atoms with Crippen molar-refractivity contribution in [3.8, 4) is 11.5 Å². The molecule has 0 fully saturated rings. The molecule has 0 aliphatic heterocycles. The van der Waals surface area contributed by atoms with Crippen molar-refractivity contribution in [2.24, 2.45) is 0 Å². The number of benzene rings is 1. The molecule has 0 aliphatic rings. The van der Waals surface area contributed by atoms with Crippen LogP contribution in [-0.4, -0.2) is 31.1 Å². The van der Waals surface area contributed by atoms with Crippen molar-refractivity contribution >= 4 is 23.5 Å². The summed E-state index contributed by atoms with van der Waals surface area (Å²) in [5.74, 6) is -2.85. The molecule has 2 aromatic rings. The zero-order valence-corrected chi connectivity index (χ0v) is 11.7. The molecule has 0 N–H and O–H groups in total. The van der Waals surface area contributed by atoms with Crippen molar-refractivity contribution < 1.29 is 27.9 Å². The van der Waals surface area contributed by atoms with E-state index in [1.165, 1.54) is 6.07 Å². The van der Waals surface area contributed by atoms with Crippen molar-refractivity contribution in [1.29, 1.82) is 0 Å². The maximum Gasteiger partial charge on any atom is 0.376 e. The molecule has 0 saturated heterocycles. The standard InChI is InChI=1S/C13H9ClFNO5/c1-19-12(17)9-10(13(18)20-2)21-11(16-9)7-4-3-6(15)5-8(7)14/h3-5H,1-2H3. The van der Waals surface area contributed by atoms with E-state index in [0.29, 0.717) is 0 Å². The number of carbonyl (C=O) groups excluding carboxylic acids is 2. The van der Waals surface area contributed by atoms with E-state index in [1.54, 1.807) is 0 Å². The van der Waals surface area contributed by atoms with Gasteiger partial charge in [-0.3, -0.25) is 0 Å². The van der Waals surface area contributed by atoms with E-state index < -0.39 is 23.5 Å². The molecule has 21 heavy (non-hydrogen) atoms. The molecular weight excluding hydrogens is 305 g/mol. The average Bonchev–Trinajstić information content (AvgIpc) is 2.90. The summed E-state index contributed by atoms with van der Waals surface area (Å²) in [6.07, 6.45) is 0. The van der Waals surface area contributed by atoms with E-state index in [1.807, 2.05) is 0 Å². The molecule has 1 aromatic carbocycles. The summed E-state index contributed by atoms with van der Waals surface area (Å²) in [6, 6.07) is 3.50. The Hall–Kier alpha value is -2.41. The predicted molar refractivity (Wildman–Crippen MR) is 69.6 cm³/mol. The zero-order chi connectivity index (χ0) is 15.6. The Labute approximate surface area is 123 Å². The molecular formula is C13H9ClFNO5. The molecule has 110 valence electrons. The van der Waals surface area contributed by atoms with Gasteiger partial charge >= 0.3 is 11.9 Å². The third-order valence-electron chi connectivity index (χ3n) is 2.54. The topological polar surface area (TPSA) is 78.6 Å². The summed E-state index contributed by atoms with van der Waals surface area (Å²) >= 11 is 5.88. The number of aromatic nitrogens is 1. The van der Waals surface area contributed by atoms with Crippen molar-refractivity contribution in [1.82, 2.24) is 4.98 Å². The van der Waals surface area contributed by atoms with Gasteiger partial charge in [-0.1, -0.05) is 11.6 Å². The van der Waals surface area contributed by atoms with Gasteiger partial charge in [-0.25, -0.2) is 19.0 Å². The maximum atomic E-state index is 13.0. The van der Waals surface area contributed by atoms with Crippen LogP contribution in [0, 0.1) is 5.82 Å². The molecule has 8 heteroatoms. The molecule has 0 radical (unpaired) electrons. The lowest BCUT2D eigenvalue weighted by Gasteiger charge is -1.98. The van der Waals surface area contributed by atoms with Crippen LogP contribution < -0.4 is 0 Å². The first kappa shape index (κ1) is 15.0. The molecule has 0 bridgehead atoms. The quantitative estimate of drug-likeness (QED) is 0.811. The van der Waals surface area contributed by atoms with Crippen LogP contribution in [0.5, 0.6) is 0 Å². The minimum atomic E-state index is -0.896. The van der Waals surface area contributed by atoms with Gasteiger partial charge in [0.15, 0.2) is 0 Å². The Morgan fingerprint density at radius 1 is 1.24 bits per heavy atom. The first-order valence-corrected chi connectivity index (χ1v) is 5.98. The fraction of sp³-hybridized carbons (Fsp3) is 0.154. The number of halogens is 2. The van der Waals surface area contributed by atoms with E-state index in [0.717, 1.165) is 26.4 Å². The summed E-state index contributed by atoms with van der Waals surface area (Å²) in [4.78, 5) is 27.0. The molecule has 6 nitrogen and oxygen atoms in total. The number of ether oxygens (including phenoxy) is 2. The fourth-order valence-electron chi connectivity index (χ4n) is 1.56. The lowest BCUT2D eigenvalue weighted by molar-refractivity contribution is 0.0527. The monoisotopic (exact) mass is 313 g/mol. The van der Waals surface area contributed by atoms with Gasteiger partial charge in [-0.05, 0) is 18.2 Å². The van der Waals surface area contributed by atoms with E-state index >= 15 is 0 Å². The number of esters is 2. The highest BCUT2D eigenvalue weighted by atomic mass is 35.5. The van der Waals surface area contributed by atoms with Crippen LogP contribution in [-0.2, 0) is 9.47 Å². The van der Waals surface area contributed by atoms with Gasteiger partial charge < -0.3 is 13.9 Å². The highest BCUT2D eigenvalue weighted by molar-refractivity contribution is 6.33. The lowest BCUT2D eigenvalue weighted by atomic mass is 10.2. The number of rotatable bonds is 3. The van der Waals surface area contributed by atoms with Crippen molar-refractivity contribution in [2.75, 3.05) is 14.2 Å². The Morgan fingerprint density at radius 2 is 1.90 bits per heavy atom. The molecule has 0 saturated carbocycles. The highest BCUT2D eigenvalue weighted by Crippen LogP contribution is 2.30. The van der Waals surface area contributed by atoms with Crippen LogP contribution in [0.15, 0.2) is 22.6 Å². The molecule has 2 rings (SSSR count). The van der Waals surface area contributed by atoms with E-state index in [2.05, 4.69) is 14.5 Å². The molecule has 0 unspecified atom stereocenters. The molecule has 1 heterocycles. The second-order valence-corrected chi connectivity index (χ2v) is 4.21. The van der Waals surface area contributed by atoms with Crippen LogP contribution in [0.2, 0.25) is 5.02 Å². The van der Waals surface area contributed by atoms with Crippen LogP contribution in [0.1, 0.15) is 21.0 Å². The largest absolute Gasteiger partial charge is 0.464 e. The second-order valence-electron chi connectivity index (χ2n) is 3.80. The number of nitrogens with zero attached hydrogens (tertiary/aromatic N) is 1. The number of hydrogen-bond acceptors (Lipinski definition) is 6. The third-order valence-corrected chi connectivity index (χ3v) is 2.85. The molecule has 0 atom stereocenters. The van der Waals surface area contributed by atoms with Gasteiger partial charge in [0.05, 0.1) is 24.8 Å². The Kier molecular flexibility index (Phi) is 4.23. The maximum absolute atomic E-state index is 13.0. The molecule has 1 aromatic heterocycles. The smallest absolute Gasteiger partial charge is 0.376 e. The van der Waals surface area contributed by atoms with Crippen LogP contribution in [0.4, 0.5) is 4.39 Å². The van der Waals surface area contributed by atoms with Gasteiger partial charge in [-0.15, -0.1) is 0 Å². The van der Waals surface area contributed by atoms with Gasteiger partial charge in [-0.2, -0.15) is 0 Å². The first-order chi connectivity index (χ1) is 9.97. The van der Waals surface area contributed by atoms with E-state index in [9.17, 15) is 14.0 Å².